The fourth-order valence-electron chi connectivity index (χ4n) is 4.71. The summed E-state index contributed by atoms with van der Waals surface area (Å²) < 4.78 is 13.4. The first kappa shape index (κ1) is 21.5. The van der Waals surface area contributed by atoms with E-state index >= 15 is 0 Å². The molecule has 0 unspecified atom stereocenters. The molecule has 0 fully saturated rings. The molecule has 0 spiro atoms. The van der Waals surface area contributed by atoms with Crippen LogP contribution in [0.5, 0.6) is 5.75 Å². The lowest BCUT2D eigenvalue weighted by Gasteiger charge is -2.39. The van der Waals surface area contributed by atoms with Crippen molar-refractivity contribution < 1.29 is 14.3 Å². The summed E-state index contributed by atoms with van der Waals surface area (Å²) in [5.74, 6) is 1.09. The molecule has 4 aromatic rings. The molecule has 0 aliphatic carbocycles. The highest BCUT2D eigenvalue weighted by Gasteiger charge is 2.40. The largest absolute Gasteiger partial charge is 0.480 e. The number of thioether (sulfide) groups is 1. The van der Waals surface area contributed by atoms with E-state index in [1.807, 2.05) is 41.1 Å². The minimum absolute atomic E-state index is 0.224. The van der Waals surface area contributed by atoms with Gasteiger partial charge in [-0.3, -0.25) is 0 Å². The van der Waals surface area contributed by atoms with Gasteiger partial charge in [-0.1, -0.05) is 36.4 Å². The normalized spacial score (nSPS) is 18.0. The van der Waals surface area contributed by atoms with E-state index in [0.29, 0.717) is 11.5 Å². The molecule has 2 atom stereocenters. The van der Waals surface area contributed by atoms with E-state index in [9.17, 15) is 4.79 Å². The van der Waals surface area contributed by atoms with Crippen molar-refractivity contribution in [3.8, 4) is 5.75 Å². The number of para-hydroxylation sites is 1. The van der Waals surface area contributed by atoms with Crippen molar-refractivity contribution in [3.63, 3.8) is 0 Å². The molecule has 1 N–H and O–H groups in total. The molecule has 174 valence electrons. The van der Waals surface area contributed by atoms with Gasteiger partial charge >= 0.3 is 5.97 Å². The fraction of sp³-hybridized carbons (Fsp3) is 0.148. The van der Waals surface area contributed by atoms with Crippen LogP contribution in [0.2, 0.25) is 0 Å². The Kier molecular flexibility index (Phi) is 5.30. The quantitative estimate of drug-likeness (QED) is 0.310. The summed E-state index contributed by atoms with van der Waals surface area (Å²) in [5.41, 5.74) is 5.48. The predicted molar refractivity (Wildman–Crippen MR) is 135 cm³/mol. The summed E-state index contributed by atoms with van der Waals surface area (Å²) in [6.07, 6.45) is 3.23. The molecule has 3 heterocycles. The maximum Gasteiger partial charge on any atom is 0.337 e. The number of fused-ring (bicyclic) bond motifs is 3. The first-order valence-corrected chi connectivity index (χ1v) is 12.4. The molecule has 8 heteroatoms. The van der Waals surface area contributed by atoms with Gasteiger partial charge in [-0.05, 0) is 53.8 Å². The number of methoxy groups -OCH3 is 1. The van der Waals surface area contributed by atoms with Gasteiger partial charge < -0.3 is 14.8 Å². The molecule has 3 aromatic carbocycles. The lowest BCUT2D eigenvalue weighted by molar-refractivity contribution is 0.0600. The van der Waals surface area contributed by atoms with E-state index in [4.69, 9.17) is 9.47 Å². The second kappa shape index (κ2) is 8.63. The van der Waals surface area contributed by atoms with E-state index < -0.39 is 6.10 Å². The Labute approximate surface area is 206 Å². The smallest absolute Gasteiger partial charge is 0.337 e. The van der Waals surface area contributed by atoms with Gasteiger partial charge in [0.1, 0.15) is 24.2 Å². The van der Waals surface area contributed by atoms with Crippen LogP contribution in [0.25, 0.3) is 5.70 Å². The monoisotopic (exact) mass is 482 g/mol. The molecule has 2 aliphatic heterocycles. The number of ether oxygens (including phenoxy) is 2. The van der Waals surface area contributed by atoms with Gasteiger partial charge in [-0.25, -0.2) is 9.48 Å². The molecular formula is C27H22N4O3S. The van der Waals surface area contributed by atoms with Crippen LogP contribution in [0.4, 0.5) is 5.95 Å². The van der Waals surface area contributed by atoms with Gasteiger partial charge in [-0.2, -0.15) is 10.1 Å². The molecule has 0 amide bonds. The summed E-state index contributed by atoms with van der Waals surface area (Å²) in [6.45, 7) is 0. The third-order valence-corrected chi connectivity index (χ3v) is 7.13. The van der Waals surface area contributed by atoms with Gasteiger partial charge in [0, 0.05) is 16.0 Å². The minimum Gasteiger partial charge on any atom is -0.480 e. The molecule has 6 rings (SSSR count). The zero-order chi connectivity index (χ0) is 23.9. The second-order valence-corrected chi connectivity index (χ2v) is 9.15. The van der Waals surface area contributed by atoms with E-state index in [2.05, 4.69) is 45.9 Å². The fourth-order valence-corrected chi connectivity index (χ4v) is 5.12. The average Bonchev–Trinajstić information content (AvgIpc) is 3.39. The number of esters is 1. The first-order chi connectivity index (χ1) is 17.2. The van der Waals surface area contributed by atoms with E-state index in [1.165, 1.54) is 12.0 Å². The Hall–Kier alpha value is -4.04. The van der Waals surface area contributed by atoms with Crippen molar-refractivity contribution in [1.29, 1.82) is 0 Å². The van der Waals surface area contributed by atoms with Crippen LogP contribution < -0.4 is 10.1 Å². The summed E-state index contributed by atoms with van der Waals surface area (Å²) in [5, 5.41) is 8.07. The van der Waals surface area contributed by atoms with Crippen molar-refractivity contribution in [2.75, 3.05) is 18.7 Å². The van der Waals surface area contributed by atoms with Gasteiger partial charge in [0.05, 0.1) is 18.4 Å². The van der Waals surface area contributed by atoms with Crippen LogP contribution in [0.1, 0.15) is 39.2 Å². The van der Waals surface area contributed by atoms with Crippen molar-refractivity contribution in [1.82, 2.24) is 14.8 Å². The highest BCUT2D eigenvalue weighted by atomic mass is 32.2. The summed E-state index contributed by atoms with van der Waals surface area (Å²) in [6, 6.07) is 23.6. The molecule has 7 nitrogen and oxygen atoms in total. The van der Waals surface area contributed by atoms with Crippen molar-refractivity contribution in [2.45, 2.75) is 17.0 Å². The number of hydrogen-bond donors (Lipinski definition) is 1. The third kappa shape index (κ3) is 3.57. The molecule has 35 heavy (non-hydrogen) atoms. The van der Waals surface area contributed by atoms with Gasteiger partial charge in [0.15, 0.2) is 0 Å². The summed E-state index contributed by atoms with van der Waals surface area (Å²) >= 11 is 1.71. The SMILES string of the molecule is COC(=O)c1ccc([C@@H]2Oc3ccccc3C3=C2[C@@H](c2ccc(SC)cc2)n2ncnc2N3)cc1. The Balaban J connectivity index is 1.55. The van der Waals surface area contributed by atoms with E-state index in [-0.39, 0.29) is 12.0 Å². The first-order valence-electron chi connectivity index (χ1n) is 11.2. The van der Waals surface area contributed by atoms with Crippen molar-refractivity contribution in [3.05, 3.63) is 107 Å². The minimum atomic E-state index is -0.401. The van der Waals surface area contributed by atoms with Crippen molar-refractivity contribution in [2.24, 2.45) is 0 Å². The Morgan fingerprint density at radius 3 is 2.51 bits per heavy atom. The highest BCUT2D eigenvalue weighted by Crippen LogP contribution is 2.50. The van der Waals surface area contributed by atoms with Crippen LogP contribution in [0, 0.1) is 0 Å². The van der Waals surface area contributed by atoms with E-state index in [1.54, 1.807) is 30.2 Å². The number of benzene rings is 3. The molecule has 2 aliphatic rings. The Bertz CT molecular complexity index is 1440. The number of aromatic nitrogens is 3. The zero-order valence-corrected chi connectivity index (χ0v) is 20.0. The molecule has 0 saturated carbocycles. The average molecular weight is 483 g/mol. The van der Waals surface area contributed by atoms with Gasteiger partial charge in [0.25, 0.3) is 0 Å². The zero-order valence-electron chi connectivity index (χ0n) is 19.1. The third-order valence-electron chi connectivity index (χ3n) is 6.39. The number of hydrogen-bond acceptors (Lipinski definition) is 7. The summed E-state index contributed by atoms with van der Waals surface area (Å²) in [7, 11) is 1.38. The molecular weight excluding hydrogens is 460 g/mol. The molecule has 0 bridgehead atoms. The summed E-state index contributed by atoms with van der Waals surface area (Å²) in [4.78, 5) is 17.7. The highest BCUT2D eigenvalue weighted by molar-refractivity contribution is 7.98. The number of nitrogens with one attached hydrogen (secondary N) is 1. The van der Waals surface area contributed by atoms with Crippen molar-refractivity contribution >= 4 is 29.4 Å². The molecule has 1 aromatic heterocycles. The number of carbonyl (C=O) groups excluding carboxylic acids is 1. The Morgan fingerprint density at radius 2 is 1.77 bits per heavy atom. The van der Waals surface area contributed by atoms with Crippen LogP contribution in [0.15, 0.2) is 89.6 Å². The maximum absolute atomic E-state index is 12.0. The van der Waals surface area contributed by atoms with Gasteiger partial charge in [0.2, 0.25) is 5.95 Å². The predicted octanol–water partition coefficient (Wildman–Crippen LogP) is 5.35. The molecule has 0 radical (unpaired) electrons. The Morgan fingerprint density at radius 1 is 1.03 bits per heavy atom. The number of carbonyl (C=O) groups is 1. The van der Waals surface area contributed by atoms with Gasteiger partial charge in [-0.15, -0.1) is 11.8 Å². The van der Waals surface area contributed by atoms with Crippen LogP contribution in [-0.2, 0) is 4.74 Å². The molecule has 0 saturated heterocycles. The second-order valence-electron chi connectivity index (χ2n) is 8.27. The van der Waals surface area contributed by atoms with Crippen LogP contribution in [-0.4, -0.2) is 34.1 Å². The number of nitrogens with zero attached hydrogens (tertiary/aromatic N) is 3. The lowest BCUT2D eigenvalue weighted by atomic mass is 9.84. The number of anilines is 1. The lowest BCUT2D eigenvalue weighted by Crippen LogP contribution is -2.32. The number of rotatable bonds is 4. The maximum atomic E-state index is 12.0. The van der Waals surface area contributed by atoms with Crippen LogP contribution >= 0.6 is 11.8 Å². The standard InChI is InChI=1S/C27H22N4O3S/c1-33-26(32)18-9-7-17(8-10-18)25-22-23(20-5-3-4-6-21(20)34-25)30-27-28-15-29-31(27)24(22)16-11-13-19(35-2)14-12-16/h3-15,24-25H,1-2H3,(H,28,29,30)/t24-,25+/m1/s1. The van der Waals surface area contributed by atoms with E-state index in [0.717, 1.165) is 33.7 Å². The van der Waals surface area contributed by atoms with Crippen LogP contribution in [0.3, 0.4) is 0 Å². The topological polar surface area (TPSA) is 78.3 Å².